The maximum absolute atomic E-state index is 12.5. The second-order valence-electron chi connectivity index (χ2n) is 2.99. The smallest absolute Gasteiger partial charge is 0.417 e. The number of alkyl halides is 3. The van der Waals surface area contributed by atoms with Crippen molar-refractivity contribution in [2.45, 2.75) is 11.1 Å². The number of carbonyl (C=O) groups excluding carboxylic acids is 1. The molecule has 0 aliphatic carbocycles. The van der Waals surface area contributed by atoms with Gasteiger partial charge < -0.3 is 14.2 Å². The molecule has 0 atom stereocenters. The van der Waals surface area contributed by atoms with Crippen LogP contribution in [0, 0.1) is 0 Å². The van der Waals surface area contributed by atoms with Crippen LogP contribution in [0.2, 0.25) is 5.02 Å². The quantitative estimate of drug-likeness (QED) is 0.784. The topological polar surface area (TPSA) is 43.4 Å². The Kier molecular flexibility index (Phi) is 4.16. The van der Waals surface area contributed by atoms with Crippen molar-refractivity contribution in [2.24, 2.45) is 0 Å². The number of carboxylic acid groups (broad SMARTS) is 1. The first kappa shape index (κ1) is 14.0. The standard InChI is InChI=1S/C9H7ClF3NO2S/c1-14(8(15)16)17-5-2-3-7(10)6(4-5)9(11,12)13/h2-4H,1H3,(H,15,16)/p-1. The molecule has 94 valence electrons. The first-order valence-corrected chi connectivity index (χ1v) is 5.36. The SMILES string of the molecule is CN(Sc1ccc(Cl)c(C(F)(F)F)c1)C(=O)[O-]. The van der Waals surface area contributed by atoms with Gasteiger partial charge in [0.25, 0.3) is 0 Å². The van der Waals surface area contributed by atoms with Crippen molar-refractivity contribution in [1.29, 1.82) is 0 Å². The van der Waals surface area contributed by atoms with Crippen LogP contribution in [-0.4, -0.2) is 17.4 Å². The highest BCUT2D eigenvalue weighted by molar-refractivity contribution is 7.97. The summed E-state index contributed by atoms with van der Waals surface area (Å²) in [4.78, 5) is 10.5. The molecule has 0 spiro atoms. The minimum Gasteiger partial charge on any atom is -0.529 e. The van der Waals surface area contributed by atoms with Gasteiger partial charge in [-0.25, -0.2) is 0 Å². The van der Waals surface area contributed by atoms with Crippen LogP contribution in [0.1, 0.15) is 5.56 Å². The van der Waals surface area contributed by atoms with Gasteiger partial charge in [-0.15, -0.1) is 0 Å². The molecule has 0 radical (unpaired) electrons. The molecule has 0 unspecified atom stereocenters. The Morgan fingerprint density at radius 3 is 2.53 bits per heavy atom. The fourth-order valence-corrected chi connectivity index (χ4v) is 1.89. The van der Waals surface area contributed by atoms with Crippen molar-refractivity contribution < 1.29 is 23.1 Å². The van der Waals surface area contributed by atoms with E-state index >= 15 is 0 Å². The molecule has 3 nitrogen and oxygen atoms in total. The van der Waals surface area contributed by atoms with Crippen molar-refractivity contribution in [3.05, 3.63) is 28.8 Å². The molecule has 1 amide bonds. The van der Waals surface area contributed by atoms with Crippen molar-refractivity contribution in [2.75, 3.05) is 7.05 Å². The van der Waals surface area contributed by atoms with Crippen LogP contribution in [0.4, 0.5) is 18.0 Å². The number of carbonyl (C=O) groups is 1. The molecule has 0 bridgehead atoms. The molecule has 0 saturated carbocycles. The van der Waals surface area contributed by atoms with Gasteiger partial charge in [0.2, 0.25) is 0 Å². The second kappa shape index (κ2) is 5.05. The van der Waals surface area contributed by atoms with Gasteiger partial charge >= 0.3 is 6.18 Å². The zero-order valence-electron chi connectivity index (χ0n) is 8.42. The van der Waals surface area contributed by atoms with Crippen molar-refractivity contribution in [1.82, 2.24) is 4.31 Å². The summed E-state index contributed by atoms with van der Waals surface area (Å²) in [6, 6.07) is 3.14. The average Bonchev–Trinajstić information content (AvgIpc) is 2.19. The summed E-state index contributed by atoms with van der Waals surface area (Å²) in [7, 11) is 1.17. The largest absolute Gasteiger partial charge is 0.529 e. The van der Waals surface area contributed by atoms with E-state index in [2.05, 4.69) is 0 Å². The maximum Gasteiger partial charge on any atom is 0.417 e. The molecule has 0 aromatic heterocycles. The first-order valence-electron chi connectivity index (χ1n) is 4.21. The molecule has 0 saturated heterocycles. The number of benzene rings is 1. The van der Waals surface area contributed by atoms with Gasteiger partial charge in [0.15, 0.2) is 0 Å². The second-order valence-corrected chi connectivity index (χ2v) is 4.60. The van der Waals surface area contributed by atoms with Crippen molar-refractivity contribution in [3.8, 4) is 0 Å². The van der Waals surface area contributed by atoms with Crippen LogP contribution in [0.5, 0.6) is 0 Å². The fourth-order valence-electron chi connectivity index (χ4n) is 0.974. The van der Waals surface area contributed by atoms with E-state index in [1.165, 1.54) is 13.1 Å². The Hall–Kier alpha value is -1.08. The van der Waals surface area contributed by atoms with Gasteiger partial charge in [0.05, 0.1) is 10.6 Å². The summed E-state index contributed by atoms with van der Waals surface area (Å²) in [5.74, 6) is 0. The van der Waals surface area contributed by atoms with Crippen LogP contribution in [0.15, 0.2) is 23.1 Å². The number of amides is 1. The molecule has 8 heteroatoms. The van der Waals surface area contributed by atoms with E-state index in [1.54, 1.807) is 0 Å². The molecule has 0 aliphatic heterocycles. The summed E-state index contributed by atoms with van der Waals surface area (Å²) >= 11 is 6.01. The van der Waals surface area contributed by atoms with Gasteiger partial charge in [-0.1, -0.05) is 11.6 Å². The molecule has 17 heavy (non-hydrogen) atoms. The fraction of sp³-hybridized carbons (Fsp3) is 0.222. The molecular weight excluding hydrogens is 279 g/mol. The van der Waals surface area contributed by atoms with E-state index in [9.17, 15) is 23.1 Å². The molecular formula is C9H6ClF3NO2S-. The predicted octanol–water partition coefficient (Wildman–Crippen LogP) is 2.64. The Balaban J connectivity index is 3.01. The molecule has 0 fully saturated rings. The Morgan fingerprint density at radius 1 is 1.47 bits per heavy atom. The van der Waals surface area contributed by atoms with Crippen LogP contribution in [-0.2, 0) is 6.18 Å². The molecule has 0 N–H and O–H groups in total. The summed E-state index contributed by atoms with van der Waals surface area (Å²) in [5.41, 5.74) is -1.00. The normalized spacial score (nSPS) is 11.4. The third-order valence-electron chi connectivity index (χ3n) is 1.74. The average molecular weight is 285 g/mol. The van der Waals surface area contributed by atoms with E-state index in [4.69, 9.17) is 11.6 Å². The van der Waals surface area contributed by atoms with Crippen LogP contribution in [0.25, 0.3) is 0 Å². The summed E-state index contributed by atoms with van der Waals surface area (Å²) in [6.45, 7) is 0. The highest BCUT2D eigenvalue weighted by Gasteiger charge is 2.33. The molecule has 1 aromatic rings. The summed E-state index contributed by atoms with van der Waals surface area (Å²) in [5, 5.41) is 9.97. The number of hydrogen-bond donors (Lipinski definition) is 0. The van der Waals surface area contributed by atoms with Gasteiger partial charge in [-0.2, -0.15) is 13.2 Å². The summed E-state index contributed by atoms with van der Waals surface area (Å²) in [6.07, 6.45) is -6.08. The number of rotatable bonds is 2. The van der Waals surface area contributed by atoms with Crippen molar-refractivity contribution >= 4 is 29.6 Å². The van der Waals surface area contributed by atoms with Gasteiger partial charge in [0, 0.05) is 11.9 Å². The number of nitrogens with zero attached hydrogens (tertiary/aromatic N) is 1. The third kappa shape index (κ3) is 3.71. The van der Waals surface area contributed by atoms with E-state index < -0.39 is 22.9 Å². The van der Waals surface area contributed by atoms with E-state index in [0.29, 0.717) is 16.3 Å². The highest BCUT2D eigenvalue weighted by atomic mass is 35.5. The Bertz CT molecular complexity index is 439. The molecule has 1 rings (SSSR count). The van der Waals surface area contributed by atoms with E-state index in [0.717, 1.165) is 12.1 Å². The lowest BCUT2D eigenvalue weighted by molar-refractivity contribution is -0.257. The minimum absolute atomic E-state index is 0.105. The zero-order valence-corrected chi connectivity index (χ0v) is 9.99. The lowest BCUT2D eigenvalue weighted by atomic mass is 10.2. The van der Waals surface area contributed by atoms with Crippen LogP contribution < -0.4 is 5.11 Å². The zero-order chi connectivity index (χ0) is 13.2. The van der Waals surface area contributed by atoms with E-state index in [1.807, 2.05) is 0 Å². The third-order valence-corrected chi connectivity index (χ3v) is 2.96. The summed E-state index contributed by atoms with van der Waals surface area (Å²) < 4.78 is 38.2. The lowest BCUT2D eigenvalue weighted by Gasteiger charge is -2.18. The van der Waals surface area contributed by atoms with Crippen LogP contribution >= 0.6 is 23.5 Å². The Labute approximate surface area is 104 Å². The number of hydrogen-bond acceptors (Lipinski definition) is 3. The van der Waals surface area contributed by atoms with Gasteiger partial charge in [-0.05, 0) is 30.1 Å². The maximum atomic E-state index is 12.5. The van der Waals surface area contributed by atoms with Gasteiger partial charge in [-0.3, -0.25) is 0 Å². The van der Waals surface area contributed by atoms with Crippen LogP contribution in [0.3, 0.4) is 0 Å². The first-order chi connectivity index (χ1) is 7.71. The lowest BCUT2D eigenvalue weighted by Crippen LogP contribution is -2.33. The number of halogens is 4. The monoisotopic (exact) mass is 284 g/mol. The van der Waals surface area contributed by atoms with Crippen molar-refractivity contribution in [3.63, 3.8) is 0 Å². The van der Waals surface area contributed by atoms with Gasteiger partial charge in [0.1, 0.15) is 6.09 Å². The minimum atomic E-state index is -4.58. The highest BCUT2D eigenvalue weighted by Crippen LogP contribution is 2.37. The van der Waals surface area contributed by atoms with E-state index in [-0.39, 0.29) is 4.90 Å². The molecule has 0 aliphatic rings. The molecule has 0 heterocycles. The Morgan fingerprint density at radius 2 is 2.06 bits per heavy atom. The predicted molar refractivity (Wildman–Crippen MR) is 55.5 cm³/mol. The molecule has 1 aromatic carbocycles.